The summed E-state index contributed by atoms with van der Waals surface area (Å²) >= 11 is 0. The predicted molar refractivity (Wildman–Crippen MR) is 51.9 cm³/mol. The van der Waals surface area contributed by atoms with Gasteiger partial charge in [-0.2, -0.15) is 0 Å². The van der Waals surface area contributed by atoms with Gasteiger partial charge >= 0.3 is 6.03 Å². The highest BCUT2D eigenvalue weighted by Crippen LogP contribution is 2.20. The number of carbonyl (C=O) groups is 1. The van der Waals surface area contributed by atoms with E-state index >= 15 is 0 Å². The zero-order valence-corrected chi connectivity index (χ0v) is 8.24. The predicted octanol–water partition coefficient (Wildman–Crippen LogP) is -0.482. The maximum absolute atomic E-state index is 11.1. The summed E-state index contributed by atoms with van der Waals surface area (Å²) in [6.45, 7) is 2.88. The lowest BCUT2D eigenvalue weighted by Crippen LogP contribution is -2.42. The van der Waals surface area contributed by atoms with Crippen molar-refractivity contribution in [2.75, 3.05) is 26.2 Å². The van der Waals surface area contributed by atoms with Crippen LogP contribution in [0.1, 0.15) is 12.8 Å². The molecule has 2 fully saturated rings. The molecule has 1 saturated carbocycles. The van der Waals surface area contributed by atoms with Crippen molar-refractivity contribution in [3.63, 3.8) is 0 Å². The SMILES string of the molecule is NC1CC(OCCN2CCNC2=O)C1. The van der Waals surface area contributed by atoms with Gasteiger partial charge in [-0.1, -0.05) is 0 Å². The van der Waals surface area contributed by atoms with E-state index in [2.05, 4.69) is 5.32 Å². The standard InChI is InChI=1S/C9H17N3O2/c10-7-5-8(6-7)14-4-3-12-2-1-11-9(12)13/h7-8H,1-6,10H2,(H,11,13). The first-order chi connectivity index (χ1) is 6.75. The molecule has 5 nitrogen and oxygen atoms in total. The second-order valence-corrected chi connectivity index (χ2v) is 3.94. The lowest BCUT2D eigenvalue weighted by molar-refractivity contribution is -0.0126. The van der Waals surface area contributed by atoms with Gasteiger partial charge in [-0.3, -0.25) is 0 Å². The van der Waals surface area contributed by atoms with Gasteiger partial charge in [0.15, 0.2) is 0 Å². The molecule has 1 heterocycles. The Hall–Kier alpha value is -0.810. The molecule has 0 unspecified atom stereocenters. The summed E-state index contributed by atoms with van der Waals surface area (Å²) in [7, 11) is 0. The molecular formula is C9H17N3O2. The molecule has 0 aromatic heterocycles. The van der Waals surface area contributed by atoms with Crippen molar-refractivity contribution in [1.29, 1.82) is 0 Å². The molecule has 5 heteroatoms. The second kappa shape index (κ2) is 4.14. The molecule has 1 saturated heterocycles. The number of hydrogen-bond acceptors (Lipinski definition) is 3. The van der Waals surface area contributed by atoms with Gasteiger partial charge in [0.2, 0.25) is 0 Å². The highest BCUT2D eigenvalue weighted by molar-refractivity contribution is 5.76. The smallest absolute Gasteiger partial charge is 0.317 e. The summed E-state index contributed by atoms with van der Waals surface area (Å²) in [5.74, 6) is 0. The van der Waals surface area contributed by atoms with E-state index in [1.807, 2.05) is 0 Å². The molecule has 0 aromatic carbocycles. The Morgan fingerprint density at radius 3 is 2.93 bits per heavy atom. The number of nitrogens with zero attached hydrogens (tertiary/aromatic N) is 1. The molecule has 0 radical (unpaired) electrons. The fraction of sp³-hybridized carbons (Fsp3) is 0.889. The Bertz CT molecular complexity index is 216. The van der Waals surface area contributed by atoms with Crippen LogP contribution in [0.4, 0.5) is 4.79 Å². The number of ether oxygens (including phenoxy) is 1. The van der Waals surface area contributed by atoms with Gasteiger partial charge in [0.05, 0.1) is 12.7 Å². The summed E-state index contributed by atoms with van der Waals surface area (Å²) in [5, 5.41) is 2.75. The van der Waals surface area contributed by atoms with E-state index in [0.29, 0.717) is 25.3 Å². The number of hydrogen-bond donors (Lipinski definition) is 2. The van der Waals surface area contributed by atoms with E-state index in [9.17, 15) is 4.79 Å². The zero-order valence-electron chi connectivity index (χ0n) is 8.24. The van der Waals surface area contributed by atoms with Gasteiger partial charge in [0, 0.05) is 25.7 Å². The van der Waals surface area contributed by atoms with Gasteiger partial charge in [-0.05, 0) is 12.8 Å². The molecule has 3 N–H and O–H groups in total. The zero-order chi connectivity index (χ0) is 9.97. The van der Waals surface area contributed by atoms with E-state index < -0.39 is 0 Å². The second-order valence-electron chi connectivity index (χ2n) is 3.94. The summed E-state index contributed by atoms with van der Waals surface area (Å²) in [4.78, 5) is 12.9. The fourth-order valence-corrected chi connectivity index (χ4v) is 1.80. The third kappa shape index (κ3) is 2.16. The number of amides is 2. The maximum atomic E-state index is 11.1. The van der Waals surface area contributed by atoms with Crippen LogP contribution in [0.15, 0.2) is 0 Å². The molecule has 0 atom stereocenters. The number of nitrogens with two attached hydrogens (primary N) is 1. The Balaban J connectivity index is 1.56. The van der Waals surface area contributed by atoms with E-state index in [1.165, 1.54) is 0 Å². The molecular weight excluding hydrogens is 182 g/mol. The lowest BCUT2D eigenvalue weighted by Gasteiger charge is -2.32. The van der Waals surface area contributed by atoms with Gasteiger partial charge in [-0.25, -0.2) is 4.79 Å². The van der Waals surface area contributed by atoms with Crippen molar-refractivity contribution in [2.24, 2.45) is 5.73 Å². The number of nitrogens with one attached hydrogen (secondary N) is 1. The van der Waals surface area contributed by atoms with E-state index in [4.69, 9.17) is 10.5 Å². The Morgan fingerprint density at radius 1 is 1.57 bits per heavy atom. The van der Waals surface area contributed by atoms with Crippen LogP contribution in [0.2, 0.25) is 0 Å². The number of rotatable bonds is 4. The summed E-state index contributed by atoms with van der Waals surface area (Å²) in [6, 6.07) is 0.356. The molecule has 0 bridgehead atoms. The molecule has 2 aliphatic rings. The van der Waals surface area contributed by atoms with Gasteiger partial charge in [-0.15, -0.1) is 0 Å². The van der Waals surface area contributed by atoms with Crippen LogP contribution in [0.25, 0.3) is 0 Å². The average molecular weight is 199 g/mol. The van der Waals surface area contributed by atoms with Crippen LogP contribution in [0, 0.1) is 0 Å². The minimum atomic E-state index is 0.0268. The molecule has 1 aliphatic heterocycles. The highest BCUT2D eigenvalue weighted by Gasteiger charge is 2.27. The van der Waals surface area contributed by atoms with E-state index in [0.717, 1.165) is 25.9 Å². The van der Waals surface area contributed by atoms with Crippen molar-refractivity contribution < 1.29 is 9.53 Å². The Morgan fingerprint density at radius 2 is 2.36 bits per heavy atom. The Labute approximate surface area is 83.6 Å². The summed E-state index contributed by atoms with van der Waals surface area (Å²) in [6.07, 6.45) is 2.26. The quantitative estimate of drug-likeness (QED) is 0.642. The van der Waals surface area contributed by atoms with Crippen LogP contribution in [-0.4, -0.2) is 49.3 Å². The summed E-state index contributed by atoms with van der Waals surface area (Å²) in [5.41, 5.74) is 5.63. The minimum absolute atomic E-state index is 0.0268. The van der Waals surface area contributed by atoms with Crippen LogP contribution in [-0.2, 0) is 4.74 Å². The molecule has 2 rings (SSSR count). The molecule has 80 valence electrons. The molecule has 2 amide bonds. The van der Waals surface area contributed by atoms with Crippen molar-refractivity contribution in [3.8, 4) is 0 Å². The maximum Gasteiger partial charge on any atom is 0.317 e. The normalized spacial score (nSPS) is 31.5. The van der Waals surface area contributed by atoms with Gasteiger partial charge in [0.25, 0.3) is 0 Å². The van der Waals surface area contributed by atoms with Crippen molar-refractivity contribution >= 4 is 6.03 Å². The number of urea groups is 1. The van der Waals surface area contributed by atoms with Gasteiger partial charge < -0.3 is 20.7 Å². The van der Waals surface area contributed by atoms with Crippen molar-refractivity contribution in [3.05, 3.63) is 0 Å². The largest absolute Gasteiger partial charge is 0.376 e. The number of carbonyl (C=O) groups excluding carboxylic acids is 1. The average Bonchev–Trinajstić information content (AvgIpc) is 2.49. The first kappa shape index (κ1) is 9.73. The topological polar surface area (TPSA) is 67.6 Å². The lowest BCUT2D eigenvalue weighted by atomic mass is 9.90. The van der Waals surface area contributed by atoms with E-state index in [-0.39, 0.29) is 6.03 Å². The minimum Gasteiger partial charge on any atom is -0.376 e. The first-order valence-electron chi connectivity index (χ1n) is 5.15. The van der Waals surface area contributed by atoms with Crippen LogP contribution < -0.4 is 11.1 Å². The molecule has 1 aliphatic carbocycles. The third-order valence-corrected chi connectivity index (χ3v) is 2.79. The van der Waals surface area contributed by atoms with Crippen molar-refractivity contribution in [1.82, 2.24) is 10.2 Å². The van der Waals surface area contributed by atoms with Crippen LogP contribution in [0.3, 0.4) is 0 Å². The summed E-state index contributed by atoms with van der Waals surface area (Å²) < 4.78 is 5.56. The fourth-order valence-electron chi connectivity index (χ4n) is 1.80. The first-order valence-corrected chi connectivity index (χ1v) is 5.15. The third-order valence-electron chi connectivity index (χ3n) is 2.79. The highest BCUT2D eigenvalue weighted by atomic mass is 16.5. The van der Waals surface area contributed by atoms with Gasteiger partial charge in [0.1, 0.15) is 0 Å². The van der Waals surface area contributed by atoms with Crippen LogP contribution >= 0.6 is 0 Å². The molecule has 0 spiro atoms. The van der Waals surface area contributed by atoms with Crippen LogP contribution in [0.5, 0.6) is 0 Å². The Kier molecular flexibility index (Phi) is 2.88. The molecule has 0 aromatic rings. The van der Waals surface area contributed by atoms with Crippen molar-refractivity contribution in [2.45, 2.75) is 25.0 Å². The van der Waals surface area contributed by atoms with E-state index in [1.54, 1.807) is 4.90 Å². The monoisotopic (exact) mass is 199 g/mol. The molecule has 14 heavy (non-hydrogen) atoms.